The Morgan fingerprint density at radius 3 is 2.84 bits per heavy atom. The lowest BCUT2D eigenvalue weighted by Gasteiger charge is -2.24. The second-order valence-corrected chi connectivity index (χ2v) is 5.53. The highest BCUT2D eigenvalue weighted by atomic mass is 16.5. The van der Waals surface area contributed by atoms with E-state index in [1.54, 1.807) is 0 Å². The van der Waals surface area contributed by atoms with Crippen LogP contribution in [0.3, 0.4) is 0 Å². The molecule has 3 rings (SSSR count). The van der Waals surface area contributed by atoms with Crippen molar-refractivity contribution in [2.75, 3.05) is 37.7 Å². The molecule has 2 saturated heterocycles. The summed E-state index contributed by atoms with van der Waals surface area (Å²) in [5.41, 5.74) is 1.17. The minimum absolute atomic E-state index is 0.676. The van der Waals surface area contributed by atoms with Gasteiger partial charge in [-0.1, -0.05) is 0 Å². The van der Waals surface area contributed by atoms with Crippen molar-refractivity contribution in [3.8, 4) is 5.88 Å². The van der Waals surface area contributed by atoms with E-state index in [-0.39, 0.29) is 0 Å². The standard InChI is InChI=1S/C15H23N3O/c1-2-11-18(10-1)14-4-3-7-17-15(14)19-12-13-5-8-16-9-6-13/h3-4,7,13,16H,1-2,5-6,8-12H2. The lowest BCUT2D eigenvalue weighted by atomic mass is 9.99. The van der Waals surface area contributed by atoms with Crippen LogP contribution in [0.25, 0.3) is 0 Å². The van der Waals surface area contributed by atoms with Crippen molar-refractivity contribution in [2.24, 2.45) is 5.92 Å². The summed E-state index contributed by atoms with van der Waals surface area (Å²) in [5.74, 6) is 1.50. The molecule has 0 aliphatic carbocycles. The SMILES string of the molecule is c1cnc(OCC2CCNCC2)c(N2CCCC2)c1. The first-order valence-corrected chi connectivity index (χ1v) is 7.47. The number of hydrogen-bond acceptors (Lipinski definition) is 4. The van der Waals surface area contributed by atoms with Crippen molar-refractivity contribution >= 4 is 5.69 Å². The largest absolute Gasteiger partial charge is 0.476 e. The van der Waals surface area contributed by atoms with Gasteiger partial charge in [0.15, 0.2) is 0 Å². The van der Waals surface area contributed by atoms with Gasteiger partial charge < -0.3 is 15.0 Å². The summed E-state index contributed by atoms with van der Waals surface area (Å²) in [4.78, 5) is 6.82. The number of ether oxygens (including phenoxy) is 1. The molecule has 2 aliphatic heterocycles. The van der Waals surface area contributed by atoms with Gasteiger partial charge in [-0.05, 0) is 56.8 Å². The van der Waals surface area contributed by atoms with Gasteiger partial charge in [-0.2, -0.15) is 0 Å². The van der Waals surface area contributed by atoms with Crippen molar-refractivity contribution in [3.63, 3.8) is 0 Å². The molecule has 2 fully saturated rings. The van der Waals surface area contributed by atoms with Gasteiger partial charge in [-0.25, -0.2) is 4.98 Å². The zero-order chi connectivity index (χ0) is 12.9. The summed E-state index contributed by atoms with van der Waals surface area (Å²) in [5, 5.41) is 3.39. The highest BCUT2D eigenvalue weighted by Gasteiger charge is 2.19. The molecule has 2 aliphatic rings. The van der Waals surface area contributed by atoms with E-state index in [0.717, 1.165) is 38.7 Å². The van der Waals surface area contributed by atoms with Crippen LogP contribution >= 0.6 is 0 Å². The quantitative estimate of drug-likeness (QED) is 0.900. The predicted octanol–water partition coefficient (Wildman–Crippen LogP) is 2.06. The molecular weight excluding hydrogens is 238 g/mol. The third kappa shape index (κ3) is 3.18. The van der Waals surface area contributed by atoms with Crippen LogP contribution in [0.4, 0.5) is 5.69 Å². The summed E-state index contributed by atoms with van der Waals surface area (Å²) < 4.78 is 6.01. The van der Waals surface area contributed by atoms with E-state index in [0.29, 0.717) is 5.92 Å². The van der Waals surface area contributed by atoms with E-state index in [4.69, 9.17) is 4.74 Å². The molecule has 3 heterocycles. The van der Waals surface area contributed by atoms with Crippen LogP contribution in [-0.4, -0.2) is 37.8 Å². The van der Waals surface area contributed by atoms with Crippen LogP contribution in [0.1, 0.15) is 25.7 Å². The molecule has 0 amide bonds. The molecule has 0 unspecified atom stereocenters. The van der Waals surface area contributed by atoms with Crippen molar-refractivity contribution in [2.45, 2.75) is 25.7 Å². The smallest absolute Gasteiger partial charge is 0.237 e. The molecule has 4 heteroatoms. The molecule has 1 aromatic heterocycles. The third-order valence-electron chi connectivity index (χ3n) is 4.11. The van der Waals surface area contributed by atoms with Crippen molar-refractivity contribution in [3.05, 3.63) is 18.3 Å². The normalized spacial score (nSPS) is 20.7. The first-order chi connectivity index (χ1) is 9.43. The van der Waals surface area contributed by atoms with Gasteiger partial charge in [0.25, 0.3) is 0 Å². The highest BCUT2D eigenvalue weighted by molar-refractivity contribution is 5.55. The fraction of sp³-hybridized carbons (Fsp3) is 0.667. The lowest BCUT2D eigenvalue weighted by molar-refractivity contribution is 0.209. The maximum Gasteiger partial charge on any atom is 0.237 e. The number of nitrogens with one attached hydrogen (secondary N) is 1. The number of rotatable bonds is 4. The van der Waals surface area contributed by atoms with E-state index >= 15 is 0 Å². The van der Waals surface area contributed by atoms with Gasteiger partial charge in [-0.3, -0.25) is 0 Å². The minimum Gasteiger partial charge on any atom is -0.476 e. The lowest BCUT2D eigenvalue weighted by Crippen LogP contribution is -2.31. The summed E-state index contributed by atoms with van der Waals surface area (Å²) in [6.45, 7) is 5.31. The molecule has 19 heavy (non-hydrogen) atoms. The molecule has 4 nitrogen and oxygen atoms in total. The molecule has 1 aromatic rings. The average Bonchev–Trinajstić information content (AvgIpc) is 3.01. The maximum absolute atomic E-state index is 6.01. The summed E-state index contributed by atoms with van der Waals surface area (Å²) in [6.07, 6.45) is 6.82. The van der Waals surface area contributed by atoms with E-state index < -0.39 is 0 Å². The maximum atomic E-state index is 6.01. The van der Waals surface area contributed by atoms with Crippen molar-refractivity contribution in [1.29, 1.82) is 0 Å². The molecule has 1 N–H and O–H groups in total. The number of aromatic nitrogens is 1. The van der Waals surface area contributed by atoms with Crippen LogP contribution < -0.4 is 15.0 Å². The Kier molecular flexibility index (Phi) is 4.18. The van der Waals surface area contributed by atoms with E-state index in [1.807, 2.05) is 12.3 Å². The highest BCUT2D eigenvalue weighted by Crippen LogP contribution is 2.29. The molecule has 0 atom stereocenters. The molecule has 0 spiro atoms. The number of hydrogen-bond donors (Lipinski definition) is 1. The second kappa shape index (κ2) is 6.24. The molecular formula is C15H23N3O. The zero-order valence-electron chi connectivity index (χ0n) is 11.5. The summed E-state index contributed by atoms with van der Waals surface area (Å²) >= 11 is 0. The number of nitrogens with zero attached hydrogens (tertiary/aromatic N) is 2. The Morgan fingerprint density at radius 2 is 2.05 bits per heavy atom. The summed E-state index contributed by atoms with van der Waals surface area (Å²) in [7, 11) is 0. The van der Waals surface area contributed by atoms with Crippen LogP contribution in [0.5, 0.6) is 5.88 Å². The Morgan fingerprint density at radius 1 is 1.26 bits per heavy atom. The van der Waals surface area contributed by atoms with Gasteiger partial charge >= 0.3 is 0 Å². The molecule has 0 aromatic carbocycles. The van der Waals surface area contributed by atoms with Crippen LogP contribution in [0.15, 0.2) is 18.3 Å². The van der Waals surface area contributed by atoms with Gasteiger partial charge in [0.05, 0.1) is 12.3 Å². The Bertz CT molecular complexity index is 398. The van der Waals surface area contributed by atoms with Crippen LogP contribution in [0, 0.1) is 5.92 Å². The predicted molar refractivity (Wildman–Crippen MR) is 76.8 cm³/mol. The molecule has 0 saturated carbocycles. The fourth-order valence-electron chi connectivity index (χ4n) is 2.94. The average molecular weight is 261 g/mol. The third-order valence-corrected chi connectivity index (χ3v) is 4.11. The molecule has 104 valence electrons. The van der Waals surface area contributed by atoms with E-state index in [1.165, 1.54) is 31.4 Å². The Hall–Kier alpha value is -1.29. The second-order valence-electron chi connectivity index (χ2n) is 5.53. The number of anilines is 1. The summed E-state index contributed by atoms with van der Waals surface area (Å²) in [6, 6.07) is 4.14. The first-order valence-electron chi connectivity index (χ1n) is 7.47. The van der Waals surface area contributed by atoms with Crippen LogP contribution in [-0.2, 0) is 0 Å². The topological polar surface area (TPSA) is 37.4 Å². The number of pyridine rings is 1. The van der Waals surface area contributed by atoms with Crippen molar-refractivity contribution in [1.82, 2.24) is 10.3 Å². The van der Waals surface area contributed by atoms with Gasteiger partial charge in [0.2, 0.25) is 5.88 Å². The first kappa shape index (κ1) is 12.7. The number of piperidine rings is 1. The van der Waals surface area contributed by atoms with Gasteiger partial charge in [-0.15, -0.1) is 0 Å². The molecule has 0 bridgehead atoms. The van der Waals surface area contributed by atoms with Gasteiger partial charge in [0, 0.05) is 19.3 Å². The fourth-order valence-corrected chi connectivity index (χ4v) is 2.94. The van der Waals surface area contributed by atoms with Crippen molar-refractivity contribution < 1.29 is 4.74 Å². The minimum atomic E-state index is 0.676. The monoisotopic (exact) mass is 261 g/mol. The Labute approximate surface area is 115 Å². The van der Waals surface area contributed by atoms with Crippen LogP contribution in [0.2, 0.25) is 0 Å². The Balaban J connectivity index is 1.62. The van der Waals surface area contributed by atoms with E-state index in [9.17, 15) is 0 Å². The van der Waals surface area contributed by atoms with E-state index in [2.05, 4.69) is 21.3 Å². The molecule has 0 radical (unpaired) electrons. The zero-order valence-corrected chi connectivity index (χ0v) is 11.5. The van der Waals surface area contributed by atoms with Gasteiger partial charge in [0.1, 0.15) is 0 Å².